The Morgan fingerprint density at radius 2 is 2.06 bits per heavy atom. The van der Waals surface area contributed by atoms with E-state index in [1.54, 1.807) is 6.07 Å². The Morgan fingerprint density at radius 3 is 2.59 bits per heavy atom. The molecule has 6 heteroatoms. The minimum atomic E-state index is -0.912. The molecule has 0 bridgehead atoms. The average molecular weight is 245 g/mol. The van der Waals surface area contributed by atoms with Crippen molar-refractivity contribution >= 4 is 5.69 Å². The van der Waals surface area contributed by atoms with Crippen LogP contribution in [-0.2, 0) is 0 Å². The summed E-state index contributed by atoms with van der Waals surface area (Å²) in [5.74, 6) is -0.525. The number of hydrogen-bond donors (Lipinski definition) is 3. The zero-order valence-corrected chi connectivity index (χ0v) is 9.74. The van der Waals surface area contributed by atoms with Crippen molar-refractivity contribution in [3.8, 4) is 11.5 Å². The maximum absolute atomic E-state index is 13.7. The molecule has 0 aliphatic heterocycles. The summed E-state index contributed by atoms with van der Waals surface area (Å²) in [6, 6.07) is 3.02. The SMILES string of the molecule is COc1ccc(NCC(O)CO)c(OC)c1F. The van der Waals surface area contributed by atoms with E-state index in [9.17, 15) is 9.50 Å². The first kappa shape index (κ1) is 13.5. The molecule has 5 nitrogen and oxygen atoms in total. The van der Waals surface area contributed by atoms with Gasteiger partial charge in [-0.15, -0.1) is 0 Å². The van der Waals surface area contributed by atoms with E-state index in [1.165, 1.54) is 20.3 Å². The Labute approximate surface area is 98.8 Å². The van der Waals surface area contributed by atoms with E-state index in [2.05, 4.69) is 5.32 Å². The van der Waals surface area contributed by atoms with E-state index in [1.807, 2.05) is 0 Å². The monoisotopic (exact) mass is 245 g/mol. The van der Waals surface area contributed by atoms with Gasteiger partial charge in [0.05, 0.1) is 32.6 Å². The summed E-state index contributed by atoms with van der Waals surface area (Å²) < 4.78 is 23.5. The average Bonchev–Trinajstić information content (AvgIpc) is 2.35. The van der Waals surface area contributed by atoms with E-state index in [0.29, 0.717) is 5.69 Å². The van der Waals surface area contributed by atoms with E-state index >= 15 is 0 Å². The molecular formula is C11H16FNO4. The van der Waals surface area contributed by atoms with Crippen LogP contribution in [-0.4, -0.2) is 43.7 Å². The molecule has 0 saturated heterocycles. The standard InChI is InChI=1S/C11H16FNO4/c1-16-9-4-3-8(11(17-2)10(9)12)13-5-7(15)6-14/h3-4,7,13-15H,5-6H2,1-2H3. The van der Waals surface area contributed by atoms with Gasteiger partial charge >= 0.3 is 0 Å². The topological polar surface area (TPSA) is 71.0 Å². The van der Waals surface area contributed by atoms with Gasteiger partial charge in [-0.3, -0.25) is 0 Å². The molecule has 1 rings (SSSR count). The predicted molar refractivity (Wildman–Crippen MR) is 61.1 cm³/mol. The normalized spacial score (nSPS) is 12.1. The van der Waals surface area contributed by atoms with Crippen molar-refractivity contribution in [3.63, 3.8) is 0 Å². The van der Waals surface area contributed by atoms with Gasteiger partial charge in [0.15, 0.2) is 11.5 Å². The van der Waals surface area contributed by atoms with Crippen molar-refractivity contribution in [1.82, 2.24) is 0 Å². The smallest absolute Gasteiger partial charge is 0.208 e. The van der Waals surface area contributed by atoms with Crippen molar-refractivity contribution in [2.24, 2.45) is 0 Å². The van der Waals surface area contributed by atoms with Crippen molar-refractivity contribution in [2.45, 2.75) is 6.10 Å². The maximum atomic E-state index is 13.7. The largest absolute Gasteiger partial charge is 0.494 e. The van der Waals surface area contributed by atoms with Crippen LogP contribution in [0, 0.1) is 5.82 Å². The summed E-state index contributed by atoms with van der Waals surface area (Å²) in [6.07, 6.45) is -0.912. The first-order valence-corrected chi connectivity index (χ1v) is 5.07. The molecule has 0 aromatic heterocycles. The van der Waals surface area contributed by atoms with Gasteiger partial charge in [0.1, 0.15) is 0 Å². The lowest BCUT2D eigenvalue weighted by Crippen LogP contribution is -2.23. The van der Waals surface area contributed by atoms with Gasteiger partial charge in [0, 0.05) is 6.54 Å². The van der Waals surface area contributed by atoms with Crippen molar-refractivity contribution < 1.29 is 24.1 Å². The number of benzene rings is 1. The zero-order valence-electron chi connectivity index (χ0n) is 9.74. The van der Waals surface area contributed by atoms with Gasteiger partial charge < -0.3 is 25.0 Å². The third-order valence-corrected chi connectivity index (χ3v) is 2.22. The molecule has 1 aromatic rings. The molecule has 1 unspecified atom stereocenters. The van der Waals surface area contributed by atoms with Crippen LogP contribution < -0.4 is 14.8 Å². The van der Waals surface area contributed by atoms with Crippen molar-refractivity contribution in [2.75, 3.05) is 32.7 Å². The predicted octanol–water partition coefficient (Wildman–Crippen LogP) is 0.608. The van der Waals surface area contributed by atoms with Gasteiger partial charge in [0.2, 0.25) is 5.82 Å². The van der Waals surface area contributed by atoms with Crippen LogP contribution in [0.1, 0.15) is 0 Å². The number of ether oxygens (including phenoxy) is 2. The molecule has 3 N–H and O–H groups in total. The Hall–Kier alpha value is -1.53. The summed E-state index contributed by atoms with van der Waals surface area (Å²) in [6.45, 7) is -0.271. The second-order valence-electron chi connectivity index (χ2n) is 3.38. The summed E-state index contributed by atoms with van der Waals surface area (Å²) in [5, 5.41) is 20.6. The first-order valence-electron chi connectivity index (χ1n) is 5.07. The minimum absolute atomic E-state index is 0.00879. The molecule has 0 spiro atoms. The number of methoxy groups -OCH3 is 2. The summed E-state index contributed by atoms with van der Waals surface area (Å²) in [4.78, 5) is 0. The summed E-state index contributed by atoms with van der Waals surface area (Å²) in [5.41, 5.74) is 0.387. The highest BCUT2D eigenvalue weighted by atomic mass is 19.1. The second kappa shape index (κ2) is 6.27. The lowest BCUT2D eigenvalue weighted by Gasteiger charge is -2.15. The summed E-state index contributed by atoms with van der Waals surface area (Å²) >= 11 is 0. The lowest BCUT2D eigenvalue weighted by atomic mass is 10.2. The number of halogens is 1. The Bertz CT molecular complexity index is 373. The van der Waals surface area contributed by atoms with Crippen LogP contribution in [0.25, 0.3) is 0 Å². The van der Waals surface area contributed by atoms with Gasteiger partial charge in [0.25, 0.3) is 0 Å². The fourth-order valence-electron chi connectivity index (χ4n) is 1.33. The third-order valence-electron chi connectivity index (χ3n) is 2.22. The molecule has 1 aromatic carbocycles. The Kier molecular flexibility index (Phi) is 4.99. The fraction of sp³-hybridized carbons (Fsp3) is 0.455. The third kappa shape index (κ3) is 3.21. The number of nitrogens with one attached hydrogen (secondary N) is 1. The molecule has 0 amide bonds. The molecule has 0 aliphatic carbocycles. The van der Waals surface area contributed by atoms with Gasteiger partial charge in [-0.05, 0) is 12.1 Å². The molecule has 0 fully saturated rings. The Morgan fingerprint density at radius 1 is 1.35 bits per heavy atom. The van der Waals surface area contributed by atoms with Crippen molar-refractivity contribution in [1.29, 1.82) is 0 Å². The van der Waals surface area contributed by atoms with E-state index in [-0.39, 0.29) is 24.7 Å². The molecule has 0 radical (unpaired) electrons. The van der Waals surface area contributed by atoms with E-state index in [4.69, 9.17) is 14.6 Å². The first-order chi connectivity index (χ1) is 8.13. The quantitative estimate of drug-likeness (QED) is 0.685. The van der Waals surface area contributed by atoms with Crippen LogP contribution in [0.5, 0.6) is 11.5 Å². The fourth-order valence-corrected chi connectivity index (χ4v) is 1.33. The summed E-state index contributed by atoms with van der Waals surface area (Å²) in [7, 11) is 2.70. The second-order valence-corrected chi connectivity index (χ2v) is 3.38. The molecule has 1 atom stereocenters. The Balaban J connectivity index is 2.88. The van der Waals surface area contributed by atoms with E-state index in [0.717, 1.165) is 0 Å². The molecule has 96 valence electrons. The minimum Gasteiger partial charge on any atom is -0.494 e. The molecule has 0 heterocycles. The van der Waals surface area contributed by atoms with Crippen molar-refractivity contribution in [3.05, 3.63) is 17.9 Å². The van der Waals surface area contributed by atoms with E-state index < -0.39 is 11.9 Å². The zero-order chi connectivity index (χ0) is 12.8. The maximum Gasteiger partial charge on any atom is 0.208 e. The van der Waals surface area contributed by atoms with Crippen LogP contribution in [0.4, 0.5) is 10.1 Å². The molecular weight excluding hydrogens is 229 g/mol. The molecule has 0 saturated carbocycles. The molecule has 17 heavy (non-hydrogen) atoms. The highest BCUT2D eigenvalue weighted by Crippen LogP contribution is 2.33. The van der Waals surface area contributed by atoms with Gasteiger partial charge in [-0.25, -0.2) is 0 Å². The number of hydrogen-bond acceptors (Lipinski definition) is 5. The number of anilines is 1. The molecule has 0 aliphatic rings. The van der Waals surface area contributed by atoms with Crippen LogP contribution >= 0.6 is 0 Å². The number of rotatable bonds is 6. The highest BCUT2D eigenvalue weighted by molar-refractivity contribution is 5.60. The highest BCUT2D eigenvalue weighted by Gasteiger charge is 2.15. The van der Waals surface area contributed by atoms with Gasteiger partial charge in [-0.2, -0.15) is 4.39 Å². The van der Waals surface area contributed by atoms with Gasteiger partial charge in [-0.1, -0.05) is 0 Å². The van der Waals surface area contributed by atoms with Crippen LogP contribution in [0.3, 0.4) is 0 Å². The number of aliphatic hydroxyl groups excluding tert-OH is 2. The number of aliphatic hydroxyl groups is 2. The van der Waals surface area contributed by atoms with Crippen LogP contribution in [0.15, 0.2) is 12.1 Å². The lowest BCUT2D eigenvalue weighted by molar-refractivity contribution is 0.105. The van der Waals surface area contributed by atoms with Crippen LogP contribution in [0.2, 0.25) is 0 Å².